The molecule has 6 nitrogen and oxygen atoms in total. The van der Waals surface area contributed by atoms with Crippen molar-refractivity contribution in [2.75, 3.05) is 12.4 Å². The lowest BCUT2D eigenvalue weighted by atomic mass is 9.98. The molecule has 0 saturated heterocycles. The van der Waals surface area contributed by atoms with Crippen LogP contribution in [0, 0.1) is 0 Å². The van der Waals surface area contributed by atoms with Crippen LogP contribution in [0.3, 0.4) is 0 Å². The van der Waals surface area contributed by atoms with Crippen LogP contribution in [0.25, 0.3) is 0 Å². The topological polar surface area (TPSA) is 78.9 Å². The maximum Gasteiger partial charge on any atom is 0.440 e. The molecule has 148 valence electrons. The van der Waals surface area contributed by atoms with Gasteiger partial charge in [0.1, 0.15) is 5.75 Å². The quantitative estimate of drug-likeness (QED) is 0.369. The second kappa shape index (κ2) is 10.1. The number of hydrogen-bond donors (Lipinski definition) is 0. The van der Waals surface area contributed by atoms with Crippen molar-refractivity contribution in [2.45, 2.75) is 63.4 Å². The summed E-state index contributed by atoms with van der Waals surface area (Å²) in [6, 6.07) is 5.91. The Morgan fingerprint density at radius 2 is 1.92 bits per heavy atom. The Kier molecular flexibility index (Phi) is 8.48. The molecule has 0 aromatic heterocycles. The third-order valence-corrected chi connectivity index (χ3v) is 9.18. The van der Waals surface area contributed by atoms with E-state index in [9.17, 15) is 13.0 Å². The molecule has 26 heavy (non-hydrogen) atoms. The largest absolute Gasteiger partial charge is 0.440 e. The van der Waals surface area contributed by atoms with Gasteiger partial charge in [0, 0.05) is 11.8 Å². The van der Waals surface area contributed by atoms with Crippen LogP contribution in [0.5, 0.6) is 5.75 Å². The van der Waals surface area contributed by atoms with Crippen molar-refractivity contribution in [1.29, 1.82) is 0 Å². The lowest BCUT2D eigenvalue weighted by molar-refractivity contribution is 0.162. The first-order chi connectivity index (χ1) is 12.4. The van der Waals surface area contributed by atoms with Gasteiger partial charge in [0.25, 0.3) is 10.1 Å². The van der Waals surface area contributed by atoms with Gasteiger partial charge in [-0.3, -0.25) is 8.71 Å². The van der Waals surface area contributed by atoms with E-state index in [1.807, 2.05) is 6.92 Å². The maximum absolute atomic E-state index is 12.8. The molecular weight excluding hydrogens is 395 g/mol. The lowest BCUT2D eigenvalue weighted by Crippen LogP contribution is -2.21. The molecule has 1 fully saturated rings. The molecule has 1 unspecified atom stereocenters. The van der Waals surface area contributed by atoms with Crippen LogP contribution in [0.4, 0.5) is 0 Å². The summed E-state index contributed by atoms with van der Waals surface area (Å²) < 4.78 is 54.0. The van der Waals surface area contributed by atoms with Crippen LogP contribution in [-0.4, -0.2) is 26.9 Å². The normalized spacial score (nSPS) is 18.4. The summed E-state index contributed by atoms with van der Waals surface area (Å²) in [5.41, 5.74) is 0. The molecule has 0 bridgehead atoms. The fourth-order valence-corrected chi connectivity index (χ4v) is 7.28. The van der Waals surface area contributed by atoms with Gasteiger partial charge in [0.05, 0.1) is 17.6 Å². The molecule has 1 aliphatic carbocycles. The highest BCUT2D eigenvalue weighted by molar-refractivity contribution is 8.55. The summed E-state index contributed by atoms with van der Waals surface area (Å²) in [6.07, 6.45) is 5.14. The van der Waals surface area contributed by atoms with Crippen molar-refractivity contribution in [3.05, 3.63) is 24.3 Å². The van der Waals surface area contributed by atoms with Crippen molar-refractivity contribution in [3.8, 4) is 5.75 Å². The van der Waals surface area contributed by atoms with E-state index in [4.69, 9.17) is 13.2 Å². The van der Waals surface area contributed by atoms with E-state index < -0.39 is 16.9 Å². The van der Waals surface area contributed by atoms with Crippen LogP contribution < -0.4 is 4.52 Å². The number of benzene rings is 1. The highest BCUT2D eigenvalue weighted by Crippen LogP contribution is 2.60. The van der Waals surface area contributed by atoms with Crippen LogP contribution in [-0.2, 0) is 23.4 Å². The Morgan fingerprint density at radius 3 is 2.58 bits per heavy atom. The minimum Gasteiger partial charge on any atom is -0.417 e. The molecule has 1 aromatic rings. The highest BCUT2D eigenvalue weighted by atomic mass is 32.7. The minimum absolute atomic E-state index is 0.00381. The number of hydrogen-bond acceptors (Lipinski definition) is 7. The second-order valence-corrected chi connectivity index (χ2v) is 11.8. The predicted molar refractivity (Wildman–Crippen MR) is 104 cm³/mol. The van der Waals surface area contributed by atoms with E-state index in [1.165, 1.54) is 12.1 Å². The van der Waals surface area contributed by atoms with Gasteiger partial charge in [-0.15, -0.1) is 0 Å². The molecule has 1 aromatic carbocycles. The molecule has 0 spiro atoms. The van der Waals surface area contributed by atoms with Gasteiger partial charge < -0.3 is 4.52 Å². The Balaban J connectivity index is 2.13. The summed E-state index contributed by atoms with van der Waals surface area (Å²) in [4.78, 5) is 0.00381. The van der Waals surface area contributed by atoms with Gasteiger partial charge in [-0.05, 0) is 49.7 Å². The van der Waals surface area contributed by atoms with E-state index in [-0.39, 0.29) is 23.4 Å². The standard InChI is InChI=1S/C17H27O6PS2/c1-3-13-25-24(18,21-4-2)22-16-11-8-12-17(14-16)26(19,20)23-15-9-6-5-7-10-15/h8,11-12,14-15H,3-7,9-10,13H2,1-2H3. The molecule has 0 heterocycles. The Hall–Kier alpha value is -0.530. The first-order valence-corrected chi connectivity index (χ1v) is 13.5. The van der Waals surface area contributed by atoms with Gasteiger partial charge in [-0.2, -0.15) is 8.42 Å². The zero-order chi connectivity index (χ0) is 19.0. The summed E-state index contributed by atoms with van der Waals surface area (Å²) in [5.74, 6) is 0.818. The molecule has 1 atom stereocenters. The molecule has 0 N–H and O–H groups in total. The van der Waals surface area contributed by atoms with Gasteiger partial charge >= 0.3 is 6.80 Å². The van der Waals surface area contributed by atoms with Crippen molar-refractivity contribution in [3.63, 3.8) is 0 Å². The van der Waals surface area contributed by atoms with Crippen LogP contribution in [0.2, 0.25) is 0 Å². The molecule has 0 aliphatic heterocycles. The monoisotopic (exact) mass is 422 g/mol. The fraction of sp³-hybridized carbons (Fsp3) is 0.647. The van der Waals surface area contributed by atoms with Crippen molar-refractivity contribution >= 4 is 28.3 Å². The Labute approximate surface area is 160 Å². The van der Waals surface area contributed by atoms with Crippen LogP contribution >= 0.6 is 18.2 Å². The fourth-order valence-electron chi connectivity index (χ4n) is 2.66. The number of rotatable bonds is 10. The van der Waals surface area contributed by atoms with E-state index in [0.717, 1.165) is 49.9 Å². The molecule has 1 aliphatic rings. The highest BCUT2D eigenvalue weighted by Gasteiger charge is 2.28. The summed E-state index contributed by atoms with van der Waals surface area (Å²) in [7, 11) is -3.88. The average molecular weight is 423 g/mol. The molecule has 9 heteroatoms. The second-order valence-electron chi connectivity index (χ2n) is 6.07. The SMILES string of the molecule is CCCSP(=O)(OCC)Oc1cccc(S(=O)(=O)OC2CCCCC2)c1. The molecule has 1 saturated carbocycles. The van der Waals surface area contributed by atoms with E-state index in [1.54, 1.807) is 19.1 Å². The zero-order valence-corrected chi connectivity index (χ0v) is 17.8. The maximum atomic E-state index is 12.8. The Bertz CT molecular complexity index is 716. The van der Waals surface area contributed by atoms with E-state index in [2.05, 4.69) is 0 Å². The molecule has 2 rings (SSSR count). The van der Waals surface area contributed by atoms with Crippen LogP contribution in [0.15, 0.2) is 29.2 Å². The lowest BCUT2D eigenvalue weighted by Gasteiger charge is -2.21. The predicted octanol–water partition coefficient (Wildman–Crippen LogP) is 5.39. The third-order valence-electron chi connectivity index (χ3n) is 3.87. The van der Waals surface area contributed by atoms with E-state index >= 15 is 0 Å². The smallest absolute Gasteiger partial charge is 0.417 e. The molecular formula is C17H27O6PS2. The first kappa shape index (κ1) is 21.8. The van der Waals surface area contributed by atoms with Crippen molar-refractivity contribution < 1.29 is 26.2 Å². The van der Waals surface area contributed by atoms with Gasteiger partial charge in [0.2, 0.25) is 0 Å². The molecule has 0 amide bonds. The van der Waals surface area contributed by atoms with Crippen molar-refractivity contribution in [1.82, 2.24) is 0 Å². The van der Waals surface area contributed by atoms with Gasteiger partial charge in [0.15, 0.2) is 0 Å². The first-order valence-electron chi connectivity index (χ1n) is 9.00. The van der Waals surface area contributed by atoms with E-state index in [0.29, 0.717) is 5.75 Å². The minimum atomic E-state index is -3.88. The van der Waals surface area contributed by atoms with Crippen molar-refractivity contribution in [2.24, 2.45) is 0 Å². The summed E-state index contributed by atoms with van der Waals surface area (Å²) in [6.45, 7) is 0.572. The average Bonchev–Trinajstić information content (AvgIpc) is 2.61. The van der Waals surface area contributed by atoms with Crippen LogP contribution in [0.1, 0.15) is 52.4 Å². The molecule has 0 radical (unpaired) electrons. The van der Waals surface area contributed by atoms with Gasteiger partial charge in [-0.1, -0.05) is 32.3 Å². The zero-order valence-electron chi connectivity index (χ0n) is 15.3. The van der Waals surface area contributed by atoms with Gasteiger partial charge in [-0.25, -0.2) is 4.57 Å². The Morgan fingerprint density at radius 1 is 1.19 bits per heavy atom. The summed E-state index contributed by atoms with van der Waals surface area (Å²) in [5, 5.41) is 0. The summed E-state index contributed by atoms with van der Waals surface area (Å²) >= 11 is 1.12. The third kappa shape index (κ3) is 6.57.